The van der Waals surface area contributed by atoms with Crippen LogP contribution in [0, 0.1) is 0 Å². The van der Waals surface area contributed by atoms with E-state index in [4.69, 9.17) is 0 Å². The molecule has 0 aliphatic carbocycles. The van der Waals surface area contributed by atoms with Gasteiger partial charge in [-0.1, -0.05) is 0 Å². The van der Waals surface area contributed by atoms with Crippen LogP contribution >= 0.6 is 0 Å². The molecule has 21 heteroatoms. The quantitative estimate of drug-likeness (QED) is 0.0822. The van der Waals surface area contributed by atoms with E-state index in [0.29, 0.717) is 0 Å². The summed E-state index contributed by atoms with van der Waals surface area (Å²) >= 11 is 0. The Morgan fingerprint density at radius 2 is 0.730 bits per heavy atom. The minimum absolute atomic E-state index is 0. The van der Waals surface area contributed by atoms with Crippen molar-refractivity contribution < 1.29 is 69.6 Å². The summed E-state index contributed by atoms with van der Waals surface area (Å²) in [6.07, 6.45) is -2.82. The zero-order valence-corrected chi connectivity index (χ0v) is 26.2. The van der Waals surface area contributed by atoms with Crippen LogP contribution < -0.4 is 41.3 Å². The number of rotatable bonds is 18. The first-order valence-corrected chi connectivity index (χ1v) is 9.09. The molecule has 196 valence electrons. The van der Waals surface area contributed by atoms with Gasteiger partial charge in [0.15, 0.2) is 0 Å². The summed E-state index contributed by atoms with van der Waals surface area (Å²) in [5.41, 5.74) is 0. The summed E-state index contributed by atoms with van der Waals surface area (Å²) in [6, 6.07) is 0. The molecule has 4 N–H and O–H groups in total. The van der Waals surface area contributed by atoms with Gasteiger partial charge in [-0.15, -0.1) is 0 Å². The zero-order valence-electron chi connectivity index (χ0n) is 19.6. The van der Waals surface area contributed by atoms with Gasteiger partial charge in [-0.25, -0.2) is 0 Å². The Balaban J connectivity index is -0.000000171. The smallest absolute Gasteiger partial charge is 0.549 e. The molecule has 0 aromatic carbocycles. The molecule has 0 saturated heterocycles. The van der Waals surface area contributed by atoms with Crippen LogP contribution in [0.15, 0.2) is 0 Å². The topological polar surface area (TPSA) is 312 Å². The van der Waals surface area contributed by atoms with Crippen LogP contribution in [0.5, 0.6) is 0 Å². The molecule has 2 unspecified atom stereocenters. The largest absolute Gasteiger partial charge is 2.00 e. The molecule has 2 atom stereocenters. The predicted octanol–water partition coefficient (Wildman–Crippen LogP) is -14.3. The van der Waals surface area contributed by atoms with Gasteiger partial charge in [-0.05, 0) is 0 Å². The molecule has 0 aromatic heterocycles. The molecule has 18 nitrogen and oxygen atoms in total. The molecule has 0 fully saturated rings. The van der Waals surface area contributed by atoms with Crippen LogP contribution in [0.4, 0.5) is 0 Å². The second-order valence-electron chi connectivity index (χ2n) is 6.36. The molecule has 0 aliphatic heterocycles. The summed E-state index contributed by atoms with van der Waals surface area (Å²) in [5.74, 6) is -9.04. The van der Waals surface area contributed by atoms with Gasteiger partial charge in [0.05, 0.1) is 35.8 Å². The van der Waals surface area contributed by atoms with Crippen molar-refractivity contribution in [3.8, 4) is 0 Å². The molecular weight excluding hydrogens is 592 g/mol. The molecule has 0 amide bonds. The summed E-state index contributed by atoms with van der Waals surface area (Å²) in [6.45, 7) is -5.01. The molecule has 0 aromatic rings. The van der Waals surface area contributed by atoms with Crippen molar-refractivity contribution in [2.45, 2.75) is 12.5 Å². The number of nitrogens with one attached hydrogen (secondary N) is 2. The summed E-state index contributed by atoms with van der Waals surface area (Å²) in [4.78, 5) is 62.8. The van der Waals surface area contributed by atoms with E-state index in [9.17, 15) is 69.6 Å². The van der Waals surface area contributed by atoms with Crippen LogP contribution in [0.2, 0.25) is 0 Å². The number of aliphatic carboxylic acids is 6. The number of carbonyl (C=O) groups is 6. The van der Waals surface area contributed by atoms with Crippen molar-refractivity contribution in [2.75, 3.05) is 52.4 Å². The number of carbonyl (C=O) groups excluding carboxylic acids is 6. The van der Waals surface area contributed by atoms with Gasteiger partial charge >= 0.3 is 113 Å². The van der Waals surface area contributed by atoms with E-state index in [1.807, 2.05) is 0 Å². The molecule has 0 bridgehead atoms. The molecule has 0 spiro atoms. The third kappa shape index (κ3) is 36.4. The first-order valence-electron chi connectivity index (χ1n) is 9.09. The second kappa shape index (κ2) is 27.9. The Bertz CT molecular complexity index is 628. The maximum Gasteiger partial charge on any atom is 2.00 e. The van der Waals surface area contributed by atoms with E-state index in [0.717, 1.165) is 9.80 Å². The van der Waals surface area contributed by atoms with Crippen molar-refractivity contribution in [2.24, 2.45) is 0 Å². The van der Waals surface area contributed by atoms with Crippen LogP contribution in [0.25, 0.3) is 0 Å². The molecule has 0 radical (unpaired) electrons. The number of aliphatic hydroxyl groups excluding tert-OH is 2. The van der Waals surface area contributed by atoms with E-state index < -0.39 is 101 Å². The molecule has 0 rings (SSSR count). The number of hydrogen-bond acceptors (Lipinski definition) is 18. The summed E-state index contributed by atoms with van der Waals surface area (Å²) in [7, 11) is 0. The van der Waals surface area contributed by atoms with Gasteiger partial charge < -0.3 is 69.6 Å². The molecular formula is C16H22Ca3N4O14. The Kier molecular flexibility index (Phi) is 35.6. The van der Waals surface area contributed by atoms with Crippen LogP contribution in [0.3, 0.4) is 0 Å². The van der Waals surface area contributed by atoms with Crippen molar-refractivity contribution in [3.63, 3.8) is 0 Å². The minimum Gasteiger partial charge on any atom is -0.549 e. The number of carboxylic acids is 6. The fourth-order valence-electron chi connectivity index (χ4n) is 2.12. The maximum absolute atomic E-state index is 10.3. The van der Waals surface area contributed by atoms with E-state index in [-0.39, 0.29) is 113 Å². The fourth-order valence-corrected chi connectivity index (χ4v) is 2.12. The Morgan fingerprint density at radius 1 is 0.514 bits per heavy atom. The SMILES string of the molecule is O=C([O-])CNC(O)CN(CC(=O)[O-])CC(=O)[O-].O=C([O-])CNC(O)CN(CC(=O)[O-])CC(=O)[O-].[Ca+2].[Ca+2].[Ca+2]. The van der Waals surface area contributed by atoms with Crippen LogP contribution in [-0.4, -0.2) is 234 Å². The number of nitrogens with zero attached hydrogens (tertiary/aromatic N) is 2. The van der Waals surface area contributed by atoms with Gasteiger partial charge in [0.25, 0.3) is 0 Å². The van der Waals surface area contributed by atoms with Gasteiger partial charge in [0, 0.05) is 52.4 Å². The van der Waals surface area contributed by atoms with Crippen molar-refractivity contribution in [3.05, 3.63) is 0 Å². The van der Waals surface area contributed by atoms with Crippen molar-refractivity contribution in [1.82, 2.24) is 20.4 Å². The average Bonchev–Trinajstić information content (AvgIpc) is 2.63. The number of hydrogen-bond donors (Lipinski definition) is 4. The number of carboxylic acid groups (broad SMARTS) is 6. The third-order valence-corrected chi connectivity index (χ3v) is 3.24. The first kappa shape index (κ1) is 47.2. The van der Waals surface area contributed by atoms with Crippen molar-refractivity contribution in [1.29, 1.82) is 0 Å². The Labute approximate surface area is 300 Å². The molecule has 0 heterocycles. The van der Waals surface area contributed by atoms with Gasteiger partial charge in [-0.2, -0.15) is 0 Å². The summed E-state index contributed by atoms with van der Waals surface area (Å²) < 4.78 is 0. The summed E-state index contributed by atoms with van der Waals surface area (Å²) in [5, 5.41) is 83.8. The van der Waals surface area contributed by atoms with Crippen molar-refractivity contribution >= 4 is 149 Å². The van der Waals surface area contributed by atoms with Gasteiger partial charge in [0.2, 0.25) is 0 Å². The van der Waals surface area contributed by atoms with E-state index >= 15 is 0 Å². The first-order chi connectivity index (χ1) is 15.6. The molecule has 0 saturated carbocycles. The van der Waals surface area contributed by atoms with Crippen LogP contribution in [0.1, 0.15) is 0 Å². The predicted molar refractivity (Wildman–Crippen MR) is 108 cm³/mol. The third-order valence-electron chi connectivity index (χ3n) is 3.24. The Morgan fingerprint density at radius 3 is 0.892 bits per heavy atom. The average molecular weight is 615 g/mol. The molecule has 37 heavy (non-hydrogen) atoms. The van der Waals surface area contributed by atoms with Gasteiger partial charge in [-0.3, -0.25) is 20.4 Å². The standard InChI is InChI=1S/2C8H14N2O7.3Ca/c2*11-5(9-1-6(12)13)2-10(3-7(14)15)4-8(16)17;;;/h2*5,9,11H,1-4H2,(H,12,13)(H,14,15)(H,16,17);;;/q;;3*+2/p-6. The Hall–Kier alpha value is 0.359. The normalized spacial score (nSPS) is 11.4. The monoisotopic (exact) mass is 614 g/mol. The van der Waals surface area contributed by atoms with E-state index in [1.165, 1.54) is 0 Å². The van der Waals surface area contributed by atoms with Gasteiger partial charge in [0.1, 0.15) is 12.5 Å². The van der Waals surface area contributed by atoms with E-state index in [2.05, 4.69) is 10.6 Å². The van der Waals surface area contributed by atoms with Crippen LogP contribution in [-0.2, 0) is 28.8 Å². The van der Waals surface area contributed by atoms with E-state index in [1.54, 1.807) is 0 Å². The minimum atomic E-state index is -1.53. The fraction of sp³-hybridized carbons (Fsp3) is 0.625. The second-order valence-corrected chi connectivity index (χ2v) is 6.36. The zero-order chi connectivity index (χ0) is 26.8. The molecule has 0 aliphatic rings. The number of aliphatic hydroxyl groups is 2. The maximum atomic E-state index is 10.3.